The van der Waals surface area contributed by atoms with Crippen LogP contribution >= 0.6 is 23.5 Å². The van der Waals surface area contributed by atoms with Crippen molar-refractivity contribution in [2.24, 2.45) is 0 Å². The number of allylic oxidation sites excluding steroid dienone is 8. The normalized spacial score (nSPS) is 25.4. The van der Waals surface area contributed by atoms with Crippen molar-refractivity contribution in [2.45, 2.75) is 51.3 Å². The van der Waals surface area contributed by atoms with Crippen LogP contribution in [0.3, 0.4) is 0 Å². The fraction of sp³-hybridized carbons (Fsp3) is 0.400. The third kappa shape index (κ3) is 3.80. The van der Waals surface area contributed by atoms with Crippen LogP contribution in [0.25, 0.3) is 0 Å². The van der Waals surface area contributed by atoms with Gasteiger partial charge in [-0.15, -0.1) is 0 Å². The van der Waals surface area contributed by atoms with E-state index in [2.05, 4.69) is 88.6 Å². The maximum Gasteiger partial charge on any atom is -1.00 e. The van der Waals surface area contributed by atoms with Gasteiger partial charge in [0, 0.05) is 0 Å². The predicted octanol–water partition coefficient (Wildman–Crippen LogP) is 0.330. The number of fused-ring (bicyclic) bond motifs is 2. The van der Waals surface area contributed by atoms with E-state index in [0.29, 0.717) is 10.5 Å². The average molecular weight is 606 g/mol. The molecule has 0 aromatic carbocycles. The van der Waals surface area contributed by atoms with Crippen molar-refractivity contribution in [2.75, 3.05) is 0 Å². The van der Waals surface area contributed by atoms with Crippen LogP contribution in [-0.4, -0.2) is 16.0 Å². The van der Waals surface area contributed by atoms with E-state index in [0.717, 1.165) is 0 Å². The van der Waals surface area contributed by atoms with Gasteiger partial charge in [0.05, 0.1) is 0 Å². The van der Waals surface area contributed by atoms with Gasteiger partial charge in [-0.3, -0.25) is 0 Å². The number of hydrogen-bond donors (Lipinski definition) is 0. The molecule has 0 fully saturated rings. The Balaban J connectivity index is 0.00000121. The van der Waals surface area contributed by atoms with E-state index >= 15 is 0 Å². The smallest absolute Gasteiger partial charge is 1.00 e. The molecule has 2 unspecified atom stereocenters. The van der Waals surface area contributed by atoms with E-state index in [1.807, 2.05) is 6.66 Å². The number of thioether (sulfide) groups is 2. The number of rotatable bonds is 2. The molecule has 2 atom stereocenters. The zero-order valence-electron chi connectivity index (χ0n) is 16.0. The van der Waals surface area contributed by atoms with Crippen LogP contribution in [0.5, 0.6) is 0 Å². The van der Waals surface area contributed by atoms with Gasteiger partial charge >= 0.3 is 163 Å². The topological polar surface area (TPSA) is 0 Å². The molecule has 4 rings (SSSR count). The monoisotopic (exact) mass is 606 g/mol. The van der Waals surface area contributed by atoms with Gasteiger partial charge < -0.3 is 24.8 Å². The molecule has 0 saturated heterocycles. The minimum Gasteiger partial charge on any atom is -1.00 e. The molecule has 2 aliphatic heterocycles. The van der Waals surface area contributed by atoms with E-state index in [1.54, 1.807) is 21.0 Å². The summed E-state index contributed by atoms with van der Waals surface area (Å²) in [6, 6.07) is 0. The van der Waals surface area contributed by atoms with E-state index in [1.165, 1.54) is 11.1 Å². The van der Waals surface area contributed by atoms with Gasteiger partial charge in [-0.25, -0.2) is 0 Å². The Kier molecular flexibility index (Phi) is 7.70. The van der Waals surface area contributed by atoms with Crippen molar-refractivity contribution < 1.29 is 44.9 Å². The first kappa shape index (κ1) is 23.1. The molecule has 0 bridgehead atoms. The third-order valence-corrected chi connectivity index (χ3v) is 34.0. The summed E-state index contributed by atoms with van der Waals surface area (Å²) in [5.41, 5.74) is 5.95. The zero-order chi connectivity index (χ0) is 17.2. The molecular formula is C20H24Cl2HfS2Si. The maximum absolute atomic E-state index is 2.60. The summed E-state index contributed by atoms with van der Waals surface area (Å²) in [5, 5.41) is 1.42. The Morgan fingerprint density at radius 3 is 1.50 bits per heavy atom. The van der Waals surface area contributed by atoms with E-state index in [4.69, 9.17) is 0 Å². The van der Waals surface area contributed by atoms with Crippen LogP contribution in [0, 0.1) is 0 Å². The summed E-state index contributed by atoms with van der Waals surface area (Å²) in [5.74, 6) is 0. The molecule has 0 spiro atoms. The largest absolute Gasteiger partial charge is 1.00 e. The van der Waals surface area contributed by atoms with Gasteiger partial charge in [0.1, 0.15) is 0 Å². The molecule has 0 aromatic heterocycles. The van der Waals surface area contributed by atoms with Crippen molar-refractivity contribution in [3.63, 3.8) is 0 Å². The second kappa shape index (κ2) is 8.67. The Bertz CT molecular complexity index is 817. The van der Waals surface area contributed by atoms with Crippen molar-refractivity contribution in [1.29, 1.82) is 0 Å². The summed E-state index contributed by atoms with van der Waals surface area (Å²) in [6.45, 7) is 14.7. The fourth-order valence-corrected chi connectivity index (χ4v) is 37.9. The summed E-state index contributed by atoms with van der Waals surface area (Å²) in [6.07, 6.45) is 9.81. The second-order valence-corrected chi connectivity index (χ2v) is 33.5. The molecule has 0 radical (unpaired) electrons. The molecule has 6 heteroatoms. The Labute approximate surface area is 186 Å². The van der Waals surface area contributed by atoms with Crippen LogP contribution in [0.1, 0.15) is 27.7 Å². The van der Waals surface area contributed by atoms with Crippen LogP contribution in [0.15, 0.2) is 63.1 Å². The first-order valence-corrected chi connectivity index (χ1v) is 21.9. The van der Waals surface area contributed by atoms with Crippen LogP contribution in [0.4, 0.5) is 0 Å². The number of hydrogen-bond acceptors (Lipinski definition) is 2. The molecule has 0 N–H and O–H groups in total. The first-order valence-electron chi connectivity index (χ1n) is 8.67. The Morgan fingerprint density at radius 1 is 0.769 bits per heavy atom. The molecule has 138 valence electrons. The summed E-state index contributed by atoms with van der Waals surface area (Å²) in [7, 11) is 0. The average Bonchev–Trinajstić information content (AvgIpc) is 3.14. The van der Waals surface area contributed by atoms with Crippen molar-refractivity contribution in [3.8, 4) is 0 Å². The van der Waals surface area contributed by atoms with Crippen LogP contribution in [-0.2, 0) is 20.1 Å². The molecule has 0 saturated carbocycles. The Hall–Kier alpha value is 0.807. The van der Waals surface area contributed by atoms with Crippen molar-refractivity contribution in [1.82, 2.24) is 0 Å². The van der Waals surface area contributed by atoms with Gasteiger partial charge in [0.2, 0.25) is 0 Å². The molecule has 0 amide bonds. The van der Waals surface area contributed by atoms with Crippen LogP contribution < -0.4 is 24.8 Å². The van der Waals surface area contributed by atoms with Gasteiger partial charge in [-0.2, -0.15) is 0 Å². The Morgan fingerprint density at radius 2 is 1.15 bits per heavy atom. The minimum absolute atomic E-state index is 0. The maximum atomic E-state index is 2.60. The SMILES string of the molecule is CC1=CC2=[C]([Hf+2]([C]3=C4C=C(C)C=C4SC3C)=[Si](C)C)C(C)SC2=C1.[Cl-].[Cl-]. The van der Waals surface area contributed by atoms with E-state index in [9.17, 15) is 0 Å². The first-order chi connectivity index (χ1) is 11.4. The quantitative estimate of drug-likeness (QED) is 0.417. The van der Waals surface area contributed by atoms with Crippen molar-refractivity contribution in [3.05, 3.63) is 63.1 Å². The second-order valence-electron chi connectivity index (χ2n) is 7.34. The predicted molar refractivity (Wildman–Crippen MR) is 109 cm³/mol. The molecule has 2 aliphatic carbocycles. The molecule has 4 aliphatic rings. The zero-order valence-corrected chi connectivity index (χ0v) is 23.8. The van der Waals surface area contributed by atoms with Crippen molar-refractivity contribution >= 4 is 29.0 Å². The standard InChI is InChI=1S/2C9H9S.C2H6Si.2ClH.Hf/c2*1-6-3-8-5-7(2)10-9(8)4-6;1-3-2;;;/h2*3-4,7H,1-2H3;1-2H3;2*1H;/q;;;;;+2/p-2. The van der Waals surface area contributed by atoms with Gasteiger partial charge in [-0.05, 0) is 0 Å². The number of halogens is 2. The molecule has 0 aromatic rings. The molecule has 2 heterocycles. The fourth-order valence-electron chi connectivity index (χ4n) is 4.16. The van der Waals surface area contributed by atoms with Gasteiger partial charge in [-0.1, -0.05) is 0 Å². The summed E-state index contributed by atoms with van der Waals surface area (Å²) >= 11 is 2.24. The molecule has 26 heavy (non-hydrogen) atoms. The van der Waals surface area contributed by atoms with E-state index < -0.39 is 20.1 Å². The molecule has 0 nitrogen and oxygen atoms in total. The molecular weight excluding hydrogens is 582 g/mol. The van der Waals surface area contributed by atoms with Gasteiger partial charge in [0.25, 0.3) is 0 Å². The van der Waals surface area contributed by atoms with Gasteiger partial charge in [0.15, 0.2) is 0 Å². The third-order valence-electron chi connectivity index (χ3n) is 5.03. The summed E-state index contributed by atoms with van der Waals surface area (Å²) < 4.78 is 3.86. The minimum atomic E-state index is -2.01. The van der Waals surface area contributed by atoms with E-state index in [-0.39, 0.29) is 30.3 Å². The van der Waals surface area contributed by atoms with Crippen LogP contribution in [0.2, 0.25) is 13.1 Å². The summed E-state index contributed by atoms with van der Waals surface area (Å²) in [4.78, 5) is 3.14.